The molecule has 0 radical (unpaired) electrons. The zero-order valence-corrected chi connectivity index (χ0v) is 13.4. The van der Waals surface area contributed by atoms with Crippen LogP contribution in [-0.4, -0.2) is 35.4 Å². The number of amides is 1. The van der Waals surface area contributed by atoms with Gasteiger partial charge in [0.15, 0.2) is 0 Å². The molecule has 0 bridgehead atoms. The molecule has 1 aliphatic rings. The molecule has 0 unspecified atom stereocenters. The second kappa shape index (κ2) is 7.51. The highest BCUT2D eigenvalue weighted by Gasteiger charge is 2.16. The Kier molecular flexibility index (Phi) is 5.19. The van der Waals surface area contributed by atoms with Crippen LogP contribution in [-0.2, 0) is 24.2 Å². The van der Waals surface area contributed by atoms with Crippen LogP contribution in [0.5, 0.6) is 0 Å². The number of carbonyl (C=O) groups is 1. The Morgan fingerprint density at radius 1 is 1.36 bits per heavy atom. The SMILES string of the molecule is O=C(CCc1ccccn1)NCCN1CCc2sccc2C1. The van der Waals surface area contributed by atoms with E-state index < -0.39 is 0 Å². The van der Waals surface area contributed by atoms with Gasteiger partial charge in [-0.2, -0.15) is 0 Å². The van der Waals surface area contributed by atoms with Crippen molar-refractivity contribution in [2.75, 3.05) is 19.6 Å². The molecular weight excluding hydrogens is 294 g/mol. The summed E-state index contributed by atoms with van der Waals surface area (Å²) in [6, 6.07) is 8.02. The van der Waals surface area contributed by atoms with Gasteiger partial charge in [-0.3, -0.25) is 14.7 Å². The number of carbonyl (C=O) groups excluding carboxylic acids is 1. The Bertz CT molecular complexity index is 611. The normalized spacial score (nSPS) is 14.5. The summed E-state index contributed by atoms with van der Waals surface area (Å²) in [5.74, 6) is 0.110. The molecule has 0 spiro atoms. The molecule has 0 saturated carbocycles. The molecule has 4 nitrogen and oxygen atoms in total. The summed E-state index contributed by atoms with van der Waals surface area (Å²) in [6.07, 6.45) is 4.11. The number of pyridine rings is 1. The molecule has 2 aromatic rings. The van der Waals surface area contributed by atoms with Crippen molar-refractivity contribution in [3.63, 3.8) is 0 Å². The highest BCUT2D eigenvalue weighted by Crippen LogP contribution is 2.23. The van der Waals surface area contributed by atoms with Gasteiger partial charge in [0.1, 0.15) is 0 Å². The number of fused-ring (bicyclic) bond motifs is 1. The minimum Gasteiger partial charge on any atom is -0.355 e. The van der Waals surface area contributed by atoms with Gasteiger partial charge in [0, 0.05) is 49.4 Å². The topological polar surface area (TPSA) is 45.2 Å². The van der Waals surface area contributed by atoms with Crippen LogP contribution < -0.4 is 5.32 Å². The molecule has 116 valence electrons. The zero-order valence-electron chi connectivity index (χ0n) is 12.6. The van der Waals surface area contributed by atoms with E-state index >= 15 is 0 Å². The first-order valence-electron chi connectivity index (χ1n) is 7.75. The number of aromatic nitrogens is 1. The van der Waals surface area contributed by atoms with Crippen molar-refractivity contribution in [1.29, 1.82) is 0 Å². The summed E-state index contributed by atoms with van der Waals surface area (Å²) in [7, 11) is 0. The first-order chi connectivity index (χ1) is 10.8. The highest BCUT2D eigenvalue weighted by molar-refractivity contribution is 7.10. The highest BCUT2D eigenvalue weighted by atomic mass is 32.1. The Morgan fingerprint density at radius 2 is 2.32 bits per heavy atom. The average molecular weight is 315 g/mol. The van der Waals surface area contributed by atoms with Gasteiger partial charge in [-0.15, -0.1) is 11.3 Å². The second-order valence-electron chi connectivity index (χ2n) is 5.57. The maximum absolute atomic E-state index is 11.9. The van der Waals surface area contributed by atoms with E-state index in [0.29, 0.717) is 12.8 Å². The minimum absolute atomic E-state index is 0.110. The van der Waals surface area contributed by atoms with Crippen molar-refractivity contribution >= 4 is 17.2 Å². The van der Waals surface area contributed by atoms with Crippen LogP contribution in [0.1, 0.15) is 22.6 Å². The van der Waals surface area contributed by atoms with Gasteiger partial charge in [0.05, 0.1) is 0 Å². The van der Waals surface area contributed by atoms with E-state index in [0.717, 1.165) is 38.3 Å². The molecule has 1 N–H and O–H groups in total. The number of hydrogen-bond acceptors (Lipinski definition) is 4. The van der Waals surface area contributed by atoms with Crippen LogP contribution >= 0.6 is 11.3 Å². The van der Waals surface area contributed by atoms with Gasteiger partial charge in [-0.25, -0.2) is 0 Å². The molecule has 0 saturated heterocycles. The molecule has 3 heterocycles. The van der Waals surface area contributed by atoms with Crippen LogP contribution in [0.2, 0.25) is 0 Å². The van der Waals surface area contributed by atoms with E-state index in [1.165, 1.54) is 10.4 Å². The number of nitrogens with zero attached hydrogens (tertiary/aromatic N) is 2. The summed E-state index contributed by atoms with van der Waals surface area (Å²) in [6.45, 7) is 3.76. The molecule has 0 atom stereocenters. The van der Waals surface area contributed by atoms with Crippen LogP contribution in [0.4, 0.5) is 0 Å². The van der Waals surface area contributed by atoms with E-state index in [-0.39, 0.29) is 5.91 Å². The first-order valence-corrected chi connectivity index (χ1v) is 8.63. The van der Waals surface area contributed by atoms with E-state index in [2.05, 4.69) is 26.6 Å². The lowest BCUT2D eigenvalue weighted by molar-refractivity contribution is -0.121. The van der Waals surface area contributed by atoms with E-state index in [1.807, 2.05) is 29.5 Å². The van der Waals surface area contributed by atoms with Gasteiger partial charge in [0.25, 0.3) is 0 Å². The monoisotopic (exact) mass is 315 g/mol. The van der Waals surface area contributed by atoms with Gasteiger partial charge < -0.3 is 5.32 Å². The summed E-state index contributed by atoms with van der Waals surface area (Å²) in [5, 5.41) is 5.19. The van der Waals surface area contributed by atoms with Gasteiger partial charge in [-0.1, -0.05) is 6.07 Å². The zero-order chi connectivity index (χ0) is 15.2. The first kappa shape index (κ1) is 15.2. The predicted octanol–water partition coefficient (Wildman–Crippen LogP) is 2.25. The summed E-state index contributed by atoms with van der Waals surface area (Å²) >= 11 is 1.86. The standard InChI is InChI=1S/C17H21N3OS/c21-17(5-4-15-3-1-2-8-18-15)19-9-11-20-10-6-16-14(13-20)7-12-22-16/h1-3,7-8,12H,4-6,9-11,13H2,(H,19,21). The lowest BCUT2D eigenvalue weighted by Crippen LogP contribution is -2.37. The second-order valence-corrected chi connectivity index (χ2v) is 6.57. The predicted molar refractivity (Wildman–Crippen MR) is 88.9 cm³/mol. The quantitative estimate of drug-likeness (QED) is 0.889. The van der Waals surface area contributed by atoms with Crippen LogP contribution in [0.3, 0.4) is 0 Å². The van der Waals surface area contributed by atoms with E-state index in [9.17, 15) is 4.79 Å². The Hall–Kier alpha value is -1.72. The third kappa shape index (κ3) is 4.15. The van der Waals surface area contributed by atoms with Crippen LogP contribution in [0.25, 0.3) is 0 Å². The molecule has 0 aromatic carbocycles. The number of aryl methyl sites for hydroxylation is 1. The van der Waals surface area contributed by atoms with Crippen molar-refractivity contribution in [1.82, 2.24) is 15.2 Å². The molecule has 22 heavy (non-hydrogen) atoms. The van der Waals surface area contributed by atoms with Crippen molar-refractivity contribution < 1.29 is 4.79 Å². The van der Waals surface area contributed by atoms with Gasteiger partial charge >= 0.3 is 0 Å². The Labute approximate surface area is 135 Å². The summed E-state index contributed by atoms with van der Waals surface area (Å²) in [5.41, 5.74) is 2.43. The maximum atomic E-state index is 11.9. The summed E-state index contributed by atoms with van der Waals surface area (Å²) < 4.78 is 0. The Morgan fingerprint density at radius 3 is 3.18 bits per heavy atom. The van der Waals surface area contributed by atoms with Gasteiger partial charge in [-0.05, 0) is 42.0 Å². The Balaban J connectivity index is 1.34. The lowest BCUT2D eigenvalue weighted by Gasteiger charge is -2.26. The third-order valence-electron chi connectivity index (χ3n) is 3.97. The molecule has 3 rings (SSSR count). The molecular formula is C17H21N3OS. The molecule has 1 amide bonds. The average Bonchev–Trinajstić information content (AvgIpc) is 3.02. The van der Waals surface area contributed by atoms with Crippen molar-refractivity contribution in [3.05, 3.63) is 52.0 Å². The maximum Gasteiger partial charge on any atom is 0.220 e. The number of nitrogens with one attached hydrogen (secondary N) is 1. The minimum atomic E-state index is 0.110. The van der Waals surface area contributed by atoms with Crippen LogP contribution in [0, 0.1) is 0 Å². The molecule has 0 fully saturated rings. The van der Waals surface area contributed by atoms with Gasteiger partial charge in [0.2, 0.25) is 5.91 Å². The fraction of sp³-hybridized carbons (Fsp3) is 0.412. The van der Waals surface area contributed by atoms with Crippen LogP contribution in [0.15, 0.2) is 35.8 Å². The molecule has 2 aromatic heterocycles. The largest absolute Gasteiger partial charge is 0.355 e. The van der Waals surface area contributed by atoms with E-state index in [4.69, 9.17) is 0 Å². The van der Waals surface area contributed by atoms with Crippen molar-refractivity contribution in [3.8, 4) is 0 Å². The fourth-order valence-electron chi connectivity index (χ4n) is 2.73. The molecule has 1 aliphatic heterocycles. The van der Waals surface area contributed by atoms with Crippen molar-refractivity contribution in [2.45, 2.75) is 25.8 Å². The third-order valence-corrected chi connectivity index (χ3v) is 4.99. The molecule has 5 heteroatoms. The smallest absolute Gasteiger partial charge is 0.220 e. The summed E-state index contributed by atoms with van der Waals surface area (Å²) in [4.78, 5) is 20.0. The van der Waals surface area contributed by atoms with Crippen molar-refractivity contribution in [2.24, 2.45) is 0 Å². The fourth-order valence-corrected chi connectivity index (χ4v) is 3.62. The number of thiophene rings is 1. The number of rotatable bonds is 6. The van der Waals surface area contributed by atoms with E-state index in [1.54, 1.807) is 6.20 Å². The number of hydrogen-bond donors (Lipinski definition) is 1. The molecule has 0 aliphatic carbocycles. The lowest BCUT2D eigenvalue weighted by atomic mass is 10.1.